The van der Waals surface area contributed by atoms with Gasteiger partial charge in [-0.15, -0.1) is 0 Å². The van der Waals surface area contributed by atoms with Gasteiger partial charge in [-0.05, 0) is 50.5 Å². The Hall–Kier alpha value is -2.76. The molecule has 0 radical (unpaired) electrons. The fourth-order valence-electron chi connectivity index (χ4n) is 4.78. The van der Waals surface area contributed by atoms with Gasteiger partial charge in [-0.2, -0.15) is 0 Å². The molecule has 2 aromatic rings. The second-order valence-electron chi connectivity index (χ2n) is 9.36. The van der Waals surface area contributed by atoms with Gasteiger partial charge < -0.3 is 25.0 Å². The molecule has 3 aliphatic rings. The second-order valence-corrected chi connectivity index (χ2v) is 11.9. The molecule has 2 amide bonds. The Kier molecular flexibility index (Phi) is 6.41. The Morgan fingerprint density at radius 2 is 1.86 bits per heavy atom. The molecule has 35 heavy (non-hydrogen) atoms. The number of hydrogen-bond donors (Lipinski definition) is 2. The van der Waals surface area contributed by atoms with Crippen LogP contribution >= 0.6 is 0 Å². The standard InChI is InChI=1S/C24H31N5O5S/c1-16-14-34-12-10-29(16)21-13-20(24(8-9-24)35(31,32)19-7-11-33-15-19)27-22(28-21)17-3-5-18(6-4-17)26-23(30)25-2/h3-6,13,16,19H,7-12,14-15H2,1-2H3,(H2,25,26,30)/t16-,19?/m0/s1. The van der Waals surface area contributed by atoms with Crippen LogP contribution in [0, 0.1) is 0 Å². The van der Waals surface area contributed by atoms with Crippen LogP contribution in [0.5, 0.6) is 0 Å². The molecule has 2 atom stereocenters. The zero-order valence-corrected chi connectivity index (χ0v) is 20.8. The van der Waals surface area contributed by atoms with Crippen molar-refractivity contribution < 1.29 is 22.7 Å². The molecule has 1 aliphatic carbocycles. The summed E-state index contributed by atoms with van der Waals surface area (Å²) in [5.41, 5.74) is 1.93. The summed E-state index contributed by atoms with van der Waals surface area (Å²) < 4.78 is 37.4. The van der Waals surface area contributed by atoms with E-state index in [0.717, 1.165) is 5.56 Å². The van der Waals surface area contributed by atoms with Gasteiger partial charge in [-0.1, -0.05) is 0 Å². The third kappa shape index (κ3) is 4.48. The summed E-state index contributed by atoms with van der Waals surface area (Å²) in [4.78, 5) is 23.4. The minimum atomic E-state index is -3.48. The van der Waals surface area contributed by atoms with Gasteiger partial charge in [-0.3, -0.25) is 0 Å². The fraction of sp³-hybridized carbons (Fsp3) is 0.542. The smallest absolute Gasteiger partial charge is 0.318 e. The quantitative estimate of drug-likeness (QED) is 0.618. The maximum Gasteiger partial charge on any atom is 0.318 e. The van der Waals surface area contributed by atoms with Crippen molar-refractivity contribution in [2.45, 2.75) is 42.2 Å². The molecule has 3 heterocycles. The maximum absolute atomic E-state index is 13.7. The van der Waals surface area contributed by atoms with E-state index >= 15 is 0 Å². The zero-order chi connectivity index (χ0) is 24.6. The average molecular weight is 502 g/mol. The van der Waals surface area contributed by atoms with Gasteiger partial charge in [0.05, 0.1) is 36.8 Å². The summed E-state index contributed by atoms with van der Waals surface area (Å²) in [7, 11) is -1.92. The molecule has 2 N–H and O–H groups in total. The number of morpholine rings is 1. The van der Waals surface area contributed by atoms with Crippen molar-refractivity contribution in [3.63, 3.8) is 0 Å². The summed E-state index contributed by atoms with van der Waals surface area (Å²) in [6.07, 6.45) is 1.62. The van der Waals surface area contributed by atoms with Gasteiger partial charge in [-0.25, -0.2) is 23.2 Å². The van der Waals surface area contributed by atoms with Crippen LogP contribution in [0.3, 0.4) is 0 Å². The topological polar surface area (TPSA) is 123 Å². The van der Waals surface area contributed by atoms with Crippen LogP contribution in [0.2, 0.25) is 0 Å². The number of hydrogen-bond acceptors (Lipinski definition) is 8. The first-order valence-electron chi connectivity index (χ1n) is 12.0. The number of amides is 2. The highest BCUT2D eigenvalue weighted by Crippen LogP contribution is 2.55. The summed E-state index contributed by atoms with van der Waals surface area (Å²) in [5, 5.41) is 4.76. The minimum Gasteiger partial charge on any atom is -0.380 e. The van der Waals surface area contributed by atoms with E-state index in [-0.39, 0.29) is 18.7 Å². The molecule has 188 valence electrons. The number of urea groups is 1. The largest absolute Gasteiger partial charge is 0.380 e. The summed E-state index contributed by atoms with van der Waals surface area (Å²) >= 11 is 0. The predicted octanol–water partition coefficient (Wildman–Crippen LogP) is 2.31. The molecule has 1 aromatic carbocycles. The van der Waals surface area contributed by atoms with E-state index in [2.05, 4.69) is 22.5 Å². The van der Waals surface area contributed by atoms with Crippen LogP contribution in [0.1, 0.15) is 31.9 Å². The van der Waals surface area contributed by atoms with E-state index < -0.39 is 19.8 Å². The Morgan fingerprint density at radius 3 is 2.49 bits per heavy atom. The normalized spacial score (nSPS) is 23.7. The van der Waals surface area contributed by atoms with Crippen molar-refractivity contribution in [3.05, 3.63) is 36.0 Å². The molecule has 1 unspecified atom stereocenters. The van der Waals surface area contributed by atoms with Crippen LogP contribution in [0.15, 0.2) is 30.3 Å². The molecule has 11 heteroatoms. The molecule has 2 aliphatic heterocycles. The monoisotopic (exact) mass is 501 g/mol. The van der Waals surface area contributed by atoms with Gasteiger partial charge >= 0.3 is 6.03 Å². The molecule has 3 fully saturated rings. The van der Waals surface area contributed by atoms with Crippen LogP contribution in [0.25, 0.3) is 11.4 Å². The van der Waals surface area contributed by atoms with Crippen molar-refractivity contribution in [2.75, 3.05) is 50.2 Å². The van der Waals surface area contributed by atoms with Gasteiger partial charge in [0, 0.05) is 37.5 Å². The number of carbonyl (C=O) groups excluding carboxylic acids is 1. The highest BCUT2D eigenvalue weighted by molar-refractivity contribution is 7.93. The van der Waals surface area contributed by atoms with Crippen molar-refractivity contribution in [1.82, 2.24) is 15.3 Å². The molecular formula is C24H31N5O5S. The Morgan fingerprint density at radius 1 is 1.11 bits per heavy atom. The predicted molar refractivity (Wildman–Crippen MR) is 132 cm³/mol. The van der Waals surface area contributed by atoms with E-state index in [9.17, 15) is 13.2 Å². The number of rotatable bonds is 6. The van der Waals surface area contributed by atoms with Crippen molar-refractivity contribution >= 4 is 27.4 Å². The number of anilines is 2. The van der Waals surface area contributed by atoms with Crippen LogP contribution in [0.4, 0.5) is 16.3 Å². The molecule has 10 nitrogen and oxygen atoms in total. The molecule has 0 bridgehead atoms. The first-order valence-corrected chi connectivity index (χ1v) is 13.5. The Labute approximate surface area is 205 Å². The molecule has 2 saturated heterocycles. The van der Waals surface area contributed by atoms with E-state index in [0.29, 0.717) is 68.7 Å². The van der Waals surface area contributed by atoms with Gasteiger partial charge in [0.2, 0.25) is 0 Å². The number of aromatic nitrogens is 2. The number of nitrogens with one attached hydrogen (secondary N) is 2. The maximum atomic E-state index is 13.7. The van der Waals surface area contributed by atoms with Crippen LogP contribution in [-0.4, -0.2) is 75.7 Å². The third-order valence-corrected chi connectivity index (χ3v) is 10.0. The molecule has 5 rings (SSSR count). The van der Waals surface area contributed by atoms with Crippen molar-refractivity contribution in [3.8, 4) is 11.4 Å². The van der Waals surface area contributed by atoms with Gasteiger partial charge in [0.1, 0.15) is 10.6 Å². The first kappa shape index (κ1) is 24.0. The molecule has 1 aromatic heterocycles. The third-order valence-electron chi connectivity index (χ3n) is 7.04. The lowest BCUT2D eigenvalue weighted by Crippen LogP contribution is -2.44. The first-order chi connectivity index (χ1) is 16.8. The lowest BCUT2D eigenvalue weighted by Gasteiger charge is -2.35. The lowest BCUT2D eigenvalue weighted by atomic mass is 10.1. The highest BCUT2D eigenvalue weighted by Gasteiger charge is 2.60. The second kappa shape index (κ2) is 9.36. The van der Waals surface area contributed by atoms with Gasteiger partial charge in [0.15, 0.2) is 15.7 Å². The lowest BCUT2D eigenvalue weighted by molar-refractivity contribution is 0.0985. The Balaban J connectivity index is 1.55. The van der Waals surface area contributed by atoms with Crippen LogP contribution < -0.4 is 15.5 Å². The van der Waals surface area contributed by atoms with Crippen molar-refractivity contribution in [2.24, 2.45) is 0 Å². The Bertz CT molecular complexity index is 1190. The average Bonchev–Trinajstić information content (AvgIpc) is 3.51. The number of carbonyl (C=O) groups is 1. The number of ether oxygens (including phenoxy) is 2. The van der Waals surface area contributed by atoms with Crippen molar-refractivity contribution in [1.29, 1.82) is 0 Å². The number of benzene rings is 1. The number of sulfone groups is 1. The summed E-state index contributed by atoms with van der Waals surface area (Å²) in [6.45, 7) is 4.62. The summed E-state index contributed by atoms with van der Waals surface area (Å²) in [5.74, 6) is 1.17. The van der Waals surface area contributed by atoms with E-state index in [1.54, 1.807) is 19.2 Å². The molecular weight excluding hydrogens is 470 g/mol. The fourth-order valence-corrected chi connectivity index (χ4v) is 7.17. The SMILES string of the molecule is CNC(=O)Nc1ccc(-c2nc(N3CCOC[C@@H]3C)cc(C3(S(=O)(=O)C4CCOC4)CC3)n2)cc1. The van der Waals surface area contributed by atoms with E-state index in [4.69, 9.17) is 19.4 Å². The molecule has 1 saturated carbocycles. The van der Waals surface area contributed by atoms with E-state index in [1.807, 2.05) is 18.2 Å². The van der Waals surface area contributed by atoms with E-state index in [1.165, 1.54) is 0 Å². The number of nitrogens with zero attached hydrogens (tertiary/aromatic N) is 3. The highest BCUT2D eigenvalue weighted by atomic mass is 32.2. The van der Waals surface area contributed by atoms with Crippen LogP contribution in [-0.2, 0) is 24.1 Å². The minimum absolute atomic E-state index is 0.105. The zero-order valence-electron chi connectivity index (χ0n) is 20.0. The summed E-state index contributed by atoms with van der Waals surface area (Å²) in [6, 6.07) is 8.86. The van der Waals surface area contributed by atoms with Gasteiger partial charge in [0.25, 0.3) is 0 Å². The molecule has 0 spiro atoms.